The minimum atomic E-state index is -0.286. The summed E-state index contributed by atoms with van der Waals surface area (Å²) < 4.78 is 11.9. The first-order chi connectivity index (χ1) is 12.3. The van der Waals surface area contributed by atoms with Crippen LogP contribution in [0.3, 0.4) is 0 Å². The van der Waals surface area contributed by atoms with Crippen LogP contribution in [-0.4, -0.2) is 28.5 Å². The highest BCUT2D eigenvalue weighted by atomic mass is 16.5. The molecule has 1 aromatic carbocycles. The molecule has 0 radical (unpaired) electrons. The lowest BCUT2D eigenvalue weighted by atomic mass is 9.89. The third kappa shape index (κ3) is 3.56. The summed E-state index contributed by atoms with van der Waals surface area (Å²) in [5.74, 6) is 0.858. The summed E-state index contributed by atoms with van der Waals surface area (Å²) in [5.41, 5.74) is 2.60. The summed E-state index contributed by atoms with van der Waals surface area (Å²) in [7, 11) is 0. The predicted octanol–water partition coefficient (Wildman–Crippen LogP) is 4.61. The molecule has 140 valence electrons. The second kappa shape index (κ2) is 7.28. The van der Waals surface area contributed by atoms with Crippen molar-refractivity contribution in [2.45, 2.75) is 71.8 Å². The normalized spacial score (nSPS) is 18.7. The largest absolute Gasteiger partial charge is 0.468 e. The molecule has 1 aliphatic rings. The lowest BCUT2D eigenvalue weighted by molar-refractivity contribution is -0.0358. The van der Waals surface area contributed by atoms with Gasteiger partial charge in [0.1, 0.15) is 5.76 Å². The summed E-state index contributed by atoms with van der Waals surface area (Å²) in [6.45, 7) is 10.9. The Kier molecular flexibility index (Phi) is 5.24. The predicted molar refractivity (Wildman–Crippen MR) is 102 cm³/mol. The number of hydrogen-bond acceptors (Lipinski definition) is 3. The lowest BCUT2D eigenvalue weighted by Gasteiger charge is -2.46. The molecule has 26 heavy (non-hydrogen) atoms. The van der Waals surface area contributed by atoms with Crippen LogP contribution in [-0.2, 0) is 24.2 Å². The molecule has 0 unspecified atom stereocenters. The van der Waals surface area contributed by atoms with Crippen molar-refractivity contribution in [3.63, 3.8) is 0 Å². The van der Waals surface area contributed by atoms with E-state index in [2.05, 4.69) is 39.8 Å². The van der Waals surface area contributed by atoms with Gasteiger partial charge in [0.25, 0.3) is 5.91 Å². The van der Waals surface area contributed by atoms with E-state index in [-0.39, 0.29) is 23.6 Å². The summed E-state index contributed by atoms with van der Waals surface area (Å²) in [5, 5.41) is 0. The van der Waals surface area contributed by atoms with E-state index in [0.717, 1.165) is 28.9 Å². The summed E-state index contributed by atoms with van der Waals surface area (Å²) in [4.78, 5) is 15.3. The van der Waals surface area contributed by atoms with Crippen LogP contribution >= 0.6 is 0 Å². The van der Waals surface area contributed by atoms with Crippen molar-refractivity contribution in [1.82, 2.24) is 4.90 Å². The minimum Gasteiger partial charge on any atom is -0.468 e. The molecule has 1 aliphatic heterocycles. The van der Waals surface area contributed by atoms with E-state index in [9.17, 15) is 4.79 Å². The molecule has 4 heteroatoms. The number of furan rings is 1. The quantitative estimate of drug-likeness (QED) is 0.786. The Bertz CT molecular complexity index is 757. The molecule has 1 aromatic heterocycles. The van der Waals surface area contributed by atoms with E-state index < -0.39 is 0 Å². The van der Waals surface area contributed by atoms with Crippen molar-refractivity contribution in [2.75, 3.05) is 0 Å². The van der Waals surface area contributed by atoms with Crippen LogP contribution < -0.4 is 0 Å². The molecule has 2 heterocycles. The van der Waals surface area contributed by atoms with E-state index in [1.165, 1.54) is 0 Å². The van der Waals surface area contributed by atoms with Gasteiger partial charge in [-0.3, -0.25) is 4.79 Å². The van der Waals surface area contributed by atoms with Crippen LogP contribution in [0.25, 0.3) is 0 Å². The van der Waals surface area contributed by atoms with Gasteiger partial charge in [-0.25, -0.2) is 0 Å². The van der Waals surface area contributed by atoms with Crippen LogP contribution in [0.15, 0.2) is 41.0 Å². The molecule has 2 aromatic rings. The molecule has 0 spiro atoms. The van der Waals surface area contributed by atoms with Gasteiger partial charge in [0, 0.05) is 17.5 Å². The average Bonchev–Trinajstić information content (AvgIpc) is 3.02. The fourth-order valence-corrected chi connectivity index (χ4v) is 3.75. The van der Waals surface area contributed by atoms with Gasteiger partial charge >= 0.3 is 0 Å². The zero-order valence-electron chi connectivity index (χ0n) is 16.4. The summed E-state index contributed by atoms with van der Waals surface area (Å²) in [6, 6.07) is 10.1. The molecule has 2 atom stereocenters. The number of hydrogen-bond donors (Lipinski definition) is 0. The molecule has 3 rings (SSSR count). The number of nitrogens with zero attached hydrogens (tertiary/aromatic N) is 1. The molecule has 1 amide bonds. The lowest BCUT2D eigenvalue weighted by Crippen LogP contribution is -2.58. The number of amides is 1. The maximum atomic E-state index is 13.3. The zero-order valence-corrected chi connectivity index (χ0v) is 16.4. The number of aryl methyl sites for hydroxylation is 1. The molecule has 0 saturated carbocycles. The Morgan fingerprint density at radius 3 is 2.58 bits per heavy atom. The summed E-state index contributed by atoms with van der Waals surface area (Å²) in [6.07, 6.45) is 3.13. The third-order valence-electron chi connectivity index (χ3n) is 5.10. The van der Waals surface area contributed by atoms with Gasteiger partial charge in [-0.15, -0.1) is 0 Å². The van der Waals surface area contributed by atoms with Crippen molar-refractivity contribution in [2.24, 2.45) is 0 Å². The fourth-order valence-electron chi connectivity index (χ4n) is 3.75. The maximum Gasteiger partial charge on any atom is 0.258 e. The van der Waals surface area contributed by atoms with E-state index in [0.29, 0.717) is 13.0 Å². The Morgan fingerprint density at radius 2 is 1.96 bits per heavy atom. The van der Waals surface area contributed by atoms with Gasteiger partial charge in [-0.05, 0) is 39.7 Å². The van der Waals surface area contributed by atoms with E-state index in [1.807, 2.05) is 30.0 Å². The van der Waals surface area contributed by atoms with Crippen LogP contribution in [0.4, 0.5) is 0 Å². The number of ether oxygens (including phenoxy) is 1. The molecular weight excluding hydrogens is 326 g/mol. The molecule has 0 aliphatic carbocycles. The van der Waals surface area contributed by atoms with Crippen molar-refractivity contribution in [3.05, 3.63) is 59.0 Å². The highest BCUT2D eigenvalue weighted by Gasteiger charge is 2.43. The first-order valence-electron chi connectivity index (χ1n) is 9.41. The van der Waals surface area contributed by atoms with Crippen molar-refractivity contribution in [3.8, 4) is 0 Å². The highest BCUT2D eigenvalue weighted by Crippen LogP contribution is 2.34. The second-order valence-electron chi connectivity index (χ2n) is 8.03. The molecule has 0 saturated heterocycles. The van der Waals surface area contributed by atoms with E-state index in [4.69, 9.17) is 9.15 Å². The van der Waals surface area contributed by atoms with E-state index in [1.54, 1.807) is 6.26 Å². The van der Waals surface area contributed by atoms with Gasteiger partial charge in [0.05, 0.1) is 30.6 Å². The topological polar surface area (TPSA) is 42.7 Å². The first-order valence-corrected chi connectivity index (χ1v) is 9.41. The minimum absolute atomic E-state index is 0.0467. The molecule has 0 N–H and O–H groups in total. The van der Waals surface area contributed by atoms with Gasteiger partial charge in [-0.1, -0.05) is 37.3 Å². The van der Waals surface area contributed by atoms with Gasteiger partial charge in [0.2, 0.25) is 0 Å². The van der Waals surface area contributed by atoms with Gasteiger partial charge < -0.3 is 14.1 Å². The highest BCUT2D eigenvalue weighted by molar-refractivity contribution is 5.98. The Labute approximate surface area is 156 Å². The van der Waals surface area contributed by atoms with Crippen LogP contribution in [0.1, 0.15) is 61.9 Å². The number of carbonyl (C=O) groups excluding carboxylic acids is 1. The fraction of sp³-hybridized carbons (Fsp3) is 0.500. The first kappa shape index (κ1) is 18.7. The van der Waals surface area contributed by atoms with E-state index >= 15 is 0 Å². The Morgan fingerprint density at radius 1 is 1.27 bits per heavy atom. The van der Waals surface area contributed by atoms with Gasteiger partial charge in [0.15, 0.2) is 0 Å². The third-order valence-corrected chi connectivity index (χ3v) is 5.10. The number of carbonyl (C=O) groups is 1. The second-order valence-corrected chi connectivity index (χ2v) is 8.03. The SMILES string of the molecule is CCc1coc2c1C(=O)N(C(C)(C)C)[C@@H]([C@@H](C)OCc1ccccc1)C2. The van der Waals surface area contributed by atoms with Gasteiger partial charge in [-0.2, -0.15) is 0 Å². The Hall–Kier alpha value is -2.07. The number of benzene rings is 1. The Balaban J connectivity index is 1.85. The number of fused-ring (bicyclic) bond motifs is 1. The number of rotatable bonds is 5. The monoisotopic (exact) mass is 355 g/mol. The standard InChI is InChI=1S/C22H29NO3/c1-6-17-14-26-19-12-18(23(22(3,4)5)21(24)20(17)19)15(2)25-13-16-10-8-7-9-11-16/h7-11,14-15,18H,6,12-13H2,1-5H3/t15-,18-/m1/s1. The maximum absolute atomic E-state index is 13.3. The van der Waals surface area contributed by atoms with Crippen LogP contribution in [0, 0.1) is 0 Å². The average molecular weight is 355 g/mol. The van der Waals surface area contributed by atoms with Crippen molar-refractivity contribution < 1.29 is 13.9 Å². The summed E-state index contributed by atoms with van der Waals surface area (Å²) >= 11 is 0. The van der Waals surface area contributed by atoms with Crippen LogP contribution in [0.2, 0.25) is 0 Å². The molecule has 0 bridgehead atoms. The van der Waals surface area contributed by atoms with Crippen LogP contribution in [0.5, 0.6) is 0 Å². The zero-order chi connectivity index (χ0) is 18.9. The molecular formula is C22H29NO3. The van der Waals surface area contributed by atoms with Crippen molar-refractivity contribution in [1.29, 1.82) is 0 Å². The molecule has 4 nitrogen and oxygen atoms in total. The smallest absolute Gasteiger partial charge is 0.258 e. The van der Waals surface area contributed by atoms with Crippen molar-refractivity contribution >= 4 is 5.91 Å². The molecule has 0 fully saturated rings.